The molecule has 0 amide bonds. The Hall–Kier alpha value is -1.59. The summed E-state index contributed by atoms with van der Waals surface area (Å²) in [6.45, 7) is 7.92. The molecular weight excluding hydrogens is 278 g/mol. The molecule has 1 heterocycles. The Morgan fingerprint density at radius 3 is 2.59 bits per heavy atom. The third-order valence-electron chi connectivity index (χ3n) is 4.34. The highest BCUT2D eigenvalue weighted by Crippen LogP contribution is 2.42. The Morgan fingerprint density at radius 1 is 1.32 bits per heavy atom. The van der Waals surface area contributed by atoms with E-state index in [9.17, 15) is 0 Å². The van der Waals surface area contributed by atoms with E-state index in [-0.39, 0.29) is 0 Å². The van der Waals surface area contributed by atoms with E-state index in [2.05, 4.69) is 39.6 Å². The summed E-state index contributed by atoms with van der Waals surface area (Å²) in [5, 5.41) is 10.6. The number of hydrogen-bond donors (Lipinski definition) is 2. The maximum absolute atomic E-state index is 4.97. The van der Waals surface area contributed by atoms with Crippen LogP contribution in [0.15, 0.2) is 9.52 Å². The maximum atomic E-state index is 4.97. The zero-order chi connectivity index (χ0) is 16.0. The molecule has 0 saturated heterocycles. The minimum atomic E-state index is 0.425. The number of nitrogens with zero attached hydrogens (tertiary/aromatic N) is 3. The zero-order valence-electron chi connectivity index (χ0n) is 14.3. The van der Waals surface area contributed by atoms with E-state index in [4.69, 9.17) is 4.52 Å². The number of guanidine groups is 1. The highest BCUT2D eigenvalue weighted by molar-refractivity contribution is 5.79. The number of aliphatic imine (C=N–C) groups is 1. The van der Waals surface area contributed by atoms with E-state index in [1.807, 2.05) is 0 Å². The van der Waals surface area contributed by atoms with Gasteiger partial charge in [-0.05, 0) is 30.6 Å². The normalized spacial score (nSPS) is 18.0. The molecule has 1 aliphatic rings. The molecule has 6 heteroatoms. The fourth-order valence-electron chi connectivity index (χ4n) is 3.51. The van der Waals surface area contributed by atoms with Gasteiger partial charge in [0.2, 0.25) is 5.89 Å². The third kappa shape index (κ3) is 4.71. The second kappa shape index (κ2) is 7.61. The van der Waals surface area contributed by atoms with E-state index in [1.165, 1.54) is 32.1 Å². The molecule has 0 atom stereocenters. The van der Waals surface area contributed by atoms with E-state index in [0.29, 0.717) is 23.7 Å². The van der Waals surface area contributed by atoms with Gasteiger partial charge >= 0.3 is 0 Å². The van der Waals surface area contributed by atoms with Crippen molar-refractivity contribution in [3.05, 3.63) is 11.7 Å². The Labute approximate surface area is 133 Å². The van der Waals surface area contributed by atoms with Gasteiger partial charge in [-0.3, -0.25) is 4.99 Å². The van der Waals surface area contributed by atoms with Crippen molar-refractivity contribution in [2.75, 3.05) is 13.6 Å². The highest BCUT2D eigenvalue weighted by atomic mass is 16.5. The molecule has 1 fully saturated rings. The number of hydrogen-bond acceptors (Lipinski definition) is 4. The molecule has 1 aromatic rings. The Kier molecular flexibility index (Phi) is 5.80. The van der Waals surface area contributed by atoms with E-state index >= 15 is 0 Å². The summed E-state index contributed by atoms with van der Waals surface area (Å²) in [6.07, 6.45) is 6.62. The molecule has 6 nitrogen and oxygen atoms in total. The van der Waals surface area contributed by atoms with Gasteiger partial charge in [-0.2, -0.15) is 4.98 Å². The molecule has 0 radical (unpaired) electrons. The molecule has 124 valence electrons. The van der Waals surface area contributed by atoms with Crippen molar-refractivity contribution < 1.29 is 4.52 Å². The number of nitrogens with one attached hydrogen (secondary N) is 2. The lowest BCUT2D eigenvalue weighted by atomic mass is 9.78. The minimum Gasteiger partial charge on any atom is -0.356 e. The van der Waals surface area contributed by atoms with Crippen LogP contribution in [0, 0.1) is 18.3 Å². The topological polar surface area (TPSA) is 75.3 Å². The van der Waals surface area contributed by atoms with Gasteiger partial charge in [0.25, 0.3) is 0 Å². The monoisotopic (exact) mass is 307 g/mol. The summed E-state index contributed by atoms with van der Waals surface area (Å²) in [5.74, 6) is 2.77. The molecule has 0 aromatic carbocycles. The summed E-state index contributed by atoms with van der Waals surface area (Å²) in [5.41, 5.74) is 0.425. The predicted molar refractivity (Wildman–Crippen MR) is 87.6 cm³/mol. The van der Waals surface area contributed by atoms with E-state index < -0.39 is 0 Å². The molecule has 0 spiro atoms. The lowest BCUT2D eigenvalue weighted by molar-refractivity contribution is 0.234. The fourth-order valence-corrected chi connectivity index (χ4v) is 3.51. The van der Waals surface area contributed by atoms with Crippen LogP contribution in [-0.4, -0.2) is 29.7 Å². The van der Waals surface area contributed by atoms with Gasteiger partial charge in [0.15, 0.2) is 11.8 Å². The van der Waals surface area contributed by atoms with Crippen LogP contribution in [0.1, 0.15) is 57.7 Å². The largest absolute Gasteiger partial charge is 0.356 e. The molecular formula is C16H29N5O. The Balaban J connectivity index is 1.84. The fraction of sp³-hybridized carbons (Fsp3) is 0.812. The first-order valence-corrected chi connectivity index (χ1v) is 8.27. The lowest BCUT2D eigenvalue weighted by Crippen LogP contribution is -2.43. The quantitative estimate of drug-likeness (QED) is 0.624. The van der Waals surface area contributed by atoms with Gasteiger partial charge in [-0.15, -0.1) is 0 Å². The number of aryl methyl sites for hydroxylation is 1. The molecule has 1 aliphatic carbocycles. The van der Waals surface area contributed by atoms with Crippen molar-refractivity contribution in [1.82, 2.24) is 20.8 Å². The zero-order valence-corrected chi connectivity index (χ0v) is 14.3. The van der Waals surface area contributed by atoms with Crippen molar-refractivity contribution in [1.29, 1.82) is 0 Å². The van der Waals surface area contributed by atoms with Crippen molar-refractivity contribution in [3.8, 4) is 0 Å². The van der Waals surface area contributed by atoms with Crippen LogP contribution in [0.4, 0.5) is 0 Å². The predicted octanol–water partition coefficient (Wildman–Crippen LogP) is 2.65. The first-order chi connectivity index (χ1) is 10.5. The molecule has 2 N–H and O–H groups in total. The smallest absolute Gasteiger partial charge is 0.223 e. The van der Waals surface area contributed by atoms with Gasteiger partial charge in [0, 0.05) is 20.5 Å². The molecule has 0 aliphatic heterocycles. The van der Waals surface area contributed by atoms with Crippen LogP contribution in [0.25, 0.3) is 0 Å². The van der Waals surface area contributed by atoms with Gasteiger partial charge in [-0.1, -0.05) is 31.8 Å². The van der Waals surface area contributed by atoms with E-state index in [1.54, 1.807) is 14.0 Å². The van der Waals surface area contributed by atoms with Crippen LogP contribution >= 0.6 is 0 Å². The average Bonchev–Trinajstić information content (AvgIpc) is 3.08. The van der Waals surface area contributed by atoms with Gasteiger partial charge < -0.3 is 15.2 Å². The first kappa shape index (κ1) is 16.8. The van der Waals surface area contributed by atoms with Crippen molar-refractivity contribution in [3.63, 3.8) is 0 Å². The maximum Gasteiger partial charge on any atom is 0.223 e. The summed E-state index contributed by atoms with van der Waals surface area (Å²) >= 11 is 0. The molecule has 2 rings (SSSR count). The molecule has 1 aromatic heterocycles. The van der Waals surface area contributed by atoms with Crippen LogP contribution in [0.2, 0.25) is 0 Å². The van der Waals surface area contributed by atoms with Crippen molar-refractivity contribution in [2.24, 2.45) is 16.3 Å². The van der Waals surface area contributed by atoms with Gasteiger partial charge in [0.1, 0.15) is 0 Å². The highest BCUT2D eigenvalue weighted by Gasteiger charge is 2.34. The molecule has 1 saturated carbocycles. The second-order valence-electron chi connectivity index (χ2n) is 6.81. The summed E-state index contributed by atoms with van der Waals surface area (Å²) in [4.78, 5) is 8.47. The SMILES string of the molecule is CN=C(NCc1noc(C)n1)NCC1(CC(C)C)CCCC1. The minimum absolute atomic E-state index is 0.425. The lowest BCUT2D eigenvalue weighted by Gasteiger charge is -2.31. The molecule has 0 bridgehead atoms. The van der Waals surface area contributed by atoms with Crippen LogP contribution < -0.4 is 10.6 Å². The third-order valence-corrected chi connectivity index (χ3v) is 4.34. The van der Waals surface area contributed by atoms with Crippen LogP contribution in [0.5, 0.6) is 0 Å². The average molecular weight is 307 g/mol. The standard InChI is InChI=1S/C16H29N5O/c1-12(2)9-16(7-5-6-8-16)11-19-15(17-4)18-10-14-20-13(3)22-21-14/h12H,5-11H2,1-4H3,(H2,17,18,19). The summed E-state index contributed by atoms with van der Waals surface area (Å²) in [6, 6.07) is 0. The summed E-state index contributed by atoms with van der Waals surface area (Å²) in [7, 11) is 1.79. The van der Waals surface area contributed by atoms with Crippen LogP contribution in [-0.2, 0) is 6.54 Å². The first-order valence-electron chi connectivity index (χ1n) is 8.27. The second-order valence-corrected chi connectivity index (χ2v) is 6.81. The number of rotatable bonds is 6. The van der Waals surface area contributed by atoms with Gasteiger partial charge in [0.05, 0.1) is 6.54 Å². The van der Waals surface area contributed by atoms with Crippen LogP contribution in [0.3, 0.4) is 0 Å². The van der Waals surface area contributed by atoms with E-state index in [0.717, 1.165) is 18.4 Å². The Bertz CT molecular complexity index is 488. The summed E-state index contributed by atoms with van der Waals surface area (Å²) < 4.78 is 4.97. The molecule has 0 unspecified atom stereocenters. The van der Waals surface area contributed by atoms with Crippen molar-refractivity contribution in [2.45, 2.75) is 59.4 Å². The number of aromatic nitrogens is 2. The van der Waals surface area contributed by atoms with Gasteiger partial charge in [-0.25, -0.2) is 0 Å². The van der Waals surface area contributed by atoms with Crippen molar-refractivity contribution >= 4 is 5.96 Å². The molecule has 22 heavy (non-hydrogen) atoms. The Morgan fingerprint density at radius 2 is 2.05 bits per heavy atom.